The second-order valence-corrected chi connectivity index (χ2v) is 4.60. The number of amides is 1. The van der Waals surface area contributed by atoms with Gasteiger partial charge < -0.3 is 25.1 Å². The molecule has 1 N–H and O–H groups in total. The van der Waals surface area contributed by atoms with Gasteiger partial charge in [0, 0.05) is 28.9 Å². The average Bonchev–Trinajstić information content (AvgIpc) is 2.54. The van der Waals surface area contributed by atoms with Gasteiger partial charge in [-0.3, -0.25) is 14.9 Å². The second kappa shape index (κ2) is 6.57. The van der Waals surface area contributed by atoms with Crippen molar-refractivity contribution >= 4 is 29.2 Å². The summed E-state index contributed by atoms with van der Waals surface area (Å²) in [6, 6.07) is 7.77. The molecule has 1 amide bonds. The number of carbonyl (C=O) groups excluding carboxylic acids is 3. The third-order valence-electron chi connectivity index (χ3n) is 3.03. The topological polar surface area (TPSA) is 152 Å². The lowest BCUT2D eigenvalue weighted by Gasteiger charge is -2.12. The molecule has 0 spiro atoms. The van der Waals surface area contributed by atoms with E-state index in [9.17, 15) is 34.7 Å². The van der Waals surface area contributed by atoms with Crippen LogP contribution in [0.3, 0.4) is 0 Å². The summed E-state index contributed by atoms with van der Waals surface area (Å²) in [4.78, 5) is 43.9. The number of carbonyl (C=O) groups is 3. The number of carboxylic acid groups (broad SMARTS) is 2. The van der Waals surface area contributed by atoms with Crippen LogP contribution in [0.25, 0.3) is 0 Å². The fourth-order valence-electron chi connectivity index (χ4n) is 1.94. The molecule has 0 radical (unpaired) electrons. The number of nitro groups is 1. The van der Waals surface area contributed by atoms with Crippen molar-refractivity contribution in [2.45, 2.75) is 0 Å². The number of hydrogen-bond donors (Lipinski definition) is 1. The minimum Gasteiger partial charge on any atom is -0.545 e. The van der Waals surface area contributed by atoms with E-state index in [1.165, 1.54) is 18.2 Å². The normalized spacial score (nSPS) is 10.0. The molecular weight excluding hydrogens is 320 g/mol. The highest BCUT2D eigenvalue weighted by Crippen LogP contribution is 2.19. The molecule has 2 rings (SSSR count). The highest BCUT2D eigenvalue weighted by atomic mass is 16.6. The molecule has 0 saturated heterocycles. The standard InChI is InChI=1S/C15H10N2O7/c18-13(16-9-3-1-2-8(6-9)14(19)20)11-5-4-10(17(23)24)7-12(11)15(21)22/h1-7H,(H,16,18)(H,19,20)(H,21,22)/p-2. The Hall–Kier alpha value is -3.75. The molecule has 0 aromatic heterocycles. The fraction of sp³-hybridized carbons (Fsp3) is 0. The number of nitrogens with zero attached hydrogens (tertiary/aromatic N) is 1. The molecule has 0 aliphatic heterocycles. The van der Waals surface area contributed by atoms with Crippen molar-refractivity contribution in [2.75, 3.05) is 5.32 Å². The summed E-state index contributed by atoms with van der Waals surface area (Å²) in [5.74, 6) is -4.09. The van der Waals surface area contributed by atoms with E-state index in [0.29, 0.717) is 6.07 Å². The molecule has 0 unspecified atom stereocenters. The van der Waals surface area contributed by atoms with Gasteiger partial charge >= 0.3 is 0 Å². The Morgan fingerprint density at radius 3 is 2.21 bits per heavy atom. The van der Waals surface area contributed by atoms with Gasteiger partial charge in [0.15, 0.2) is 0 Å². The number of hydrogen-bond acceptors (Lipinski definition) is 7. The molecule has 0 atom stereocenters. The summed E-state index contributed by atoms with van der Waals surface area (Å²) in [7, 11) is 0. The highest BCUT2D eigenvalue weighted by Gasteiger charge is 2.17. The predicted molar refractivity (Wildman–Crippen MR) is 76.2 cm³/mol. The molecule has 0 aliphatic rings. The van der Waals surface area contributed by atoms with Gasteiger partial charge in [0.05, 0.1) is 16.9 Å². The van der Waals surface area contributed by atoms with E-state index >= 15 is 0 Å². The van der Waals surface area contributed by atoms with E-state index < -0.39 is 34.0 Å². The second-order valence-electron chi connectivity index (χ2n) is 4.60. The lowest BCUT2D eigenvalue weighted by atomic mass is 10.1. The molecule has 2 aromatic carbocycles. The third-order valence-corrected chi connectivity index (χ3v) is 3.03. The first kappa shape index (κ1) is 16.6. The van der Waals surface area contributed by atoms with E-state index in [-0.39, 0.29) is 16.8 Å². The van der Waals surface area contributed by atoms with E-state index in [2.05, 4.69) is 5.32 Å². The molecule has 2 aromatic rings. The molecule has 9 heteroatoms. The van der Waals surface area contributed by atoms with Crippen LogP contribution >= 0.6 is 0 Å². The van der Waals surface area contributed by atoms with Gasteiger partial charge in [0.2, 0.25) is 0 Å². The maximum absolute atomic E-state index is 12.2. The van der Waals surface area contributed by atoms with E-state index in [1.54, 1.807) is 0 Å². The first-order valence-electron chi connectivity index (χ1n) is 6.42. The van der Waals surface area contributed by atoms with Crippen LogP contribution in [-0.2, 0) is 0 Å². The zero-order valence-corrected chi connectivity index (χ0v) is 11.8. The predicted octanol–water partition coefficient (Wildman–Crippen LogP) is -0.426. The molecule has 122 valence electrons. The van der Waals surface area contributed by atoms with Crippen LogP contribution < -0.4 is 15.5 Å². The van der Waals surface area contributed by atoms with Crippen molar-refractivity contribution in [3.63, 3.8) is 0 Å². The fourth-order valence-corrected chi connectivity index (χ4v) is 1.94. The SMILES string of the molecule is O=C([O-])c1cccc(NC(=O)c2ccc([N+](=O)[O-])cc2C(=O)[O-])c1. The summed E-state index contributed by atoms with van der Waals surface area (Å²) in [5, 5.41) is 34.9. The minimum atomic E-state index is -1.76. The van der Waals surface area contributed by atoms with Crippen molar-refractivity contribution in [3.05, 3.63) is 69.3 Å². The Morgan fingerprint density at radius 2 is 1.62 bits per heavy atom. The largest absolute Gasteiger partial charge is 0.545 e. The maximum atomic E-state index is 12.2. The third kappa shape index (κ3) is 3.53. The number of non-ortho nitro benzene ring substituents is 1. The molecule has 0 heterocycles. The van der Waals surface area contributed by atoms with Gasteiger partial charge in [-0.05, 0) is 23.8 Å². The zero-order valence-electron chi connectivity index (χ0n) is 11.8. The molecule has 0 fully saturated rings. The molecule has 0 bridgehead atoms. The van der Waals surface area contributed by atoms with Gasteiger partial charge in [0.1, 0.15) is 0 Å². The monoisotopic (exact) mass is 328 g/mol. The zero-order chi connectivity index (χ0) is 17.9. The van der Waals surface area contributed by atoms with Gasteiger partial charge in [-0.1, -0.05) is 12.1 Å². The van der Waals surface area contributed by atoms with Gasteiger partial charge in [-0.2, -0.15) is 0 Å². The van der Waals surface area contributed by atoms with Crippen molar-refractivity contribution in [3.8, 4) is 0 Å². The van der Waals surface area contributed by atoms with Gasteiger partial charge in [-0.25, -0.2) is 0 Å². The number of nitro benzene ring substituents is 1. The lowest BCUT2D eigenvalue weighted by Crippen LogP contribution is -2.27. The first-order valence-corrected chi connectivity index (χ1v) is 6.42. The highest BCUT2D eigenvalue weighted by molar-refractivity contribution is 6.10. The minimum absolute atomic E-state index is 0.0874. The van der Waals surface area contributed by atoms with Crippen LogP contribution in [0.1, 0.15) is 31.1 Å². The van der Waals surface area contributed by atoms with Crippen molar-refractivity contribution in [1.82, 2.24) is 0 Å². The Bertz CT molecular complexity index is 861. The average molecular weight is 328 g/mol. The Morgan fingerprint density at radius 1 is 0.917 bits per heavy atom. The number of aromatic carboxylic acids is 2. The number of benzene rings is 2. The van der Waals surface area contributed by atoms with Gasteiger partial charge in [0.25, 0.3) is 11.6 Å². The van der Waals surface area contributed by atoms with Crippen molar-refractivity contribution < 1.29 is 29.5 Å². The van der Waals surface area contributed by atoms with Crippen LogP contribution in [0.5, 0.6) is 0 Å². The molecule has 0 aliphatic carbocycles. The van der Waals surface area contributed by atoms with E-state index in [4.69, 9.17) is 0 Å². The summed E-state index contributed by atoms with van der Waals surface area (Å²) >= 11 is 0. The van der Waals surface area contributed by atoms with Crippen LogP contribution in [0, 0.1) is 10.1 Å². The Balaban J connectivity index is 2.36. The quantitative estimate of drug-likeness (QED) is 0.577. The lowest BCUT2D eigenvalue weighted by molar-refractivity contribution is -0.385. The van der Waals surface area contributed by atoms with E-state index in [0.717, 1.165) is 18.2 Å². The van der Waals surface area contributed by atoms with Crippen LogP contribution in [-0.4, -0.2) is 22.8 Å². The molecule has 0 saturated carbocycles. The smallest absolute Gasteiger partial charge is 0.270 e. The summed E-state index contributed by atoms with van der Waals surface area (Å²) in [6.45, 7) is 0. The molecule has 9 nitrogen and oxygen atoms in total. The van der Waals surface area contributed by atoms with Gasteiger partial charge in [-0.15, -0.1) is 0 Å². The summed E-state index contributed by atoms with van der Waals surface area (Å²) in [6.07, 6.45) is 0. The van der Waals surface area contributed by atoms with Crippen molar-refractivity contribution in [2.24, 2.45) is 0 Å². The van der Waals surface area contributed by atoms with E-state index in [1.807, 2.05) is 0 Å². The summed E-state index contributed by atoms with van der Waals surface area (Å²) in [5.41, 5.74) is -1.62. The number of anilines is 1. The number of rotatable bonds is 5. The Kier molecular flexibility index (Phi) is 4.55. The molecule has 24 heavy (non-hydrogen) atoms. The Labute approximate surface area is 134 Å². The number of nitrogens with one attached hydrogen (secondary N) is 1. The van der Waals surface area contributed by atoms with Crippen LogP contribution in [0.2, 0.25) is 0 Å². The maximum Gasteiger partial charge on any atom is 0.270 e. The first-order chi connectivity index (χ1) is 11.3. The molecular formula is C15H8N2O7-2. The van der Waals surface area contributed by atoms with Crippen LogP contribution in [0.4, 0.5) is 11.4 Å². The number of carboxylic acids is 2. The van der Waals surface area contributed by atoms with Crippen LogP contribution in [0.15, 0.2) is 42.5 Å². The summed E-state index contributed by atoms with van der Waals surface area (Å²) < 4.78 is 0. The van der Waals surface area contributed by atoms with Crippen molar-refractivity contribution in [1.29, 1.82) is 0 Å².